The molecule has 0 radical (unpaired) electrons. The van der Waals surface area contributed by atoms with Crippen LogP contribution < -0.4 is 9.04 Å². The molecule has 2 saturated heterocycles. The van der Waals surface area contributed by atoms with E-state index in [4.69, 9.17) is 9.26 Å². The third-order valence-electron chi connectivity index (χ3n) is 6.98. The standard InChI is InChI=1S/C28H35FN4O2S/c1-20(2)34-27-10-5-7-23(14-27)17-31-12-11-28(16-21(31)3)19-32(18-25-13-22(4)35-30-25)36-33(28)26-9-6-8-24(29)15-26/h5-10,13-15,20-21H,11-12,16-19H2,1-4H3/t21-,28+/m0/s1. The van der Waals surface area contributed by atoms with Crippen molar-refractivity contribution >= 4 is 17.8 Å². The Balaban J connectivity index is 1.34. The Morgan fingerprint density at radius 3 is 2.72 bits per heavy atom. The topological polar surface area (TPSA) is 45.0 Å². The van der Waals surface area contributed by atoms with Gasteiger partial charge in [-0.05, 0) is 76.4 Å². The largest absolute Gasteiger partial charge is 0.491 e. The lowest BCUT2D eigenvalue weighted by molar-refractivity contribution is 0.0981. The number of piperidine rings is 1. The van der Waals surface area contributed by atoms with Gasteiger partial charge < -0.3 is 9.26 Å². The van der Waals surface area contributed by atoms with Crippen molar-refractivity contribution in [1.29, 1.82) is 0 Å². The second-order valence-corrected chi connectivity index (χ2v) is 11.4. The van der Waals surface area contributed by atoms with Crippen LogP contribution in [0.3, 0.4) is 0 Å². The number of likely N-dealkylation sites (tertiary alicyclic amines) is 1. The van der Waals surface area contributed by atoms with Crippen molar-refractivity contribution < 1.29 is 13.7 Å². The second kappa shape index (κ2) is 10.4. The van der Waals surface area contributed by atoms with E-state index in [1.54, 1.807) is 24.3 Å². The minimum absolute atomic E-state index is 0.0875. The van der Waals surface area contributed by atoms with Gasteiger partial charge in [-0.3, -0.25) is 9.21 Å². The predicted octanol–water partition coefficient (Wildman–Crippen LogP) is 6.22. The fraction of sp³-hybridized carbons (Fsp3) is 0.464. The number of aromatic nitrogens is 1. The molecule has 0 unspecified atom stereocenters. The van der Waals surface area contributed by atoms with Crippen LogP contribution in [0, 0.1) is 12.7 Å². The zero-order chi connectivity index (χ0) is 25.3. The van der Waals surface area contributed by atoms with Crippen LogP contribution in [0.1, 0.15) is 50.6 Å². The molecule has 3 heterocycles. The van der Waals surface area contributed by atoms with E-state index in [2.05, 4.69) is 57.6 Å². The van der Waals surface area contributed by atoms with Crippen LogP contribution in [0.25, 0.3) is 0 Å². The molecule has 2 aliphatic rings. The van der Waals surface area contributed by atoms with Crippen molar-refractivity contribution in [1.82, 2.24) is 14.4 Å². The minimum atomic E-state index is -0.206. The predicted molar refractivity (Wildman–Crippen MR) is 142 cm³/mol. The lowest BCUT2D eigenvalue weighted by Crippen LogP contribution is -2.56. The van der Waals surface area contributed by atoms with Crippen molar-refractivity contribution in [2.75, 3.05) is 17.4 Å². The van der Waals surface area contributed by atoms with Gasteiger partial charge in [-0.2, -0.15) is 0 Å². The summed E-state index contributed by atoms with van der Waals surface area (Å²) in [6.07, 6.45) is 2.15. The smallest absolute Gasteiger partial charge is 0.133 e. The fourth-order valence-electron chi connectivity index (χ4n) is 5.44. The average molecular weight is 511 g/mol. The third-order valence-corrected chi connectivity index (χ3v) is 8.23. The van der Waals surface area contributed by atoms with E-state index in [9.17, 15) is 4.39 Å². The molecule has 0 amide bonds. The van der Waals surface area contributed by atoms with Crippen LogP contribution in [0.4, 0.5) is 10.1 Å². The van der Waals surface area contributed by atoms with Crippen LogP contribution in [-0.4, -0.2) is 45.1 Å². The van der Waals surface area contributed by atoms with Gasteiger partial charge >= 0.3 is 0 Å². The molecule has 2 fully saturated rings. The normalized spacial score (nSPS) is 23.2. The third kappa shape index (κ3) is 5.56. The van der Waals surface area contributed by atoms with E-state index in [1.165, 1.54) is 11.6 Å². The summed E-state index contributed by atoms with van der Waals surface area (Å²) in [7, 11) is 0. The number of aryl methyl sites for hydroxylation is 1. The maximum absolute atomic E-state index is 14.2. The molecule has 0 N–H and O–H groups in total. The van der Waals surface area contributed by atoms with Gasteiger partial charge in [0.05, 0.1) is 29.6 Å². The lowest BCUT2D eigenvalue weighted by atomic mass is 9.82. The maximum Gasteiger partial charge on any atom is 0.133 e. The Labute approximate surface area is 217 Å². The Kier molecular flexibility index (Phi) is 7.28. The van der Waals surface area contributed by atoms with Gasteiger partial charge in [0, 0.05) is 43.9 Å². The van der Waals surface area contributed by atoms with Gasteiger partial charge in [-0.25, -0.2) is 8.70 Å². The molecular weight excluding hydrogens is 475 g/mol. The van der Waals surface area contributed by atoms with E-state index in [0.29, 0.717) is 12.6 Å². The number of benzene rings is 2. The van der Waals surface area contributed by atoms with Gasteiger partial charge in [-0.15, -0.1) is 0 Å². The fourth-order valence-corrected chi connectivity index (χ4v) is 6.77. The summed E-state index contributed by atoms with van der Waals surface area (Å²) < 4.78 is 30.1. The van der Waals surface area contributed by atoms with Gasteiger partial charge in [0.1, 0.15) is 17.3 Å². The number of hydrogen-bond donors (Lipinski definition) is 0. The summed E-state index contributed by atoms with van der Waals surface area (Å²) in [5.74, 6) is 1.53. The molecule has 0 bridgehead atoms. The van der Waals surface area contributed by atoms with Gasteiger partial charge in [0.15, 0.2) is 0 Å². The Hall–Kier alpha value is -2.55. The number of ether oxygens (including phenoxy) is 1. The number of hydrogen-bond acceptors (Lipinski definition) is 7. The van der Waals surface area contributed by atoms with Crippen molar-refractivity contribution in [3.8, 4) is 5.75 Å². The van der Waals surface area contributed by atoms with E-state index in [-0.39, 0.29) is 17.5 Å². The van der Waals surface area contributed by atoms with Crippen LogP contribution in [-0.2, 0) is 13.1 Å². The molecule has 2 atom stereocenters. The summed E-state index contributed by atoms with van der Waals surface area (Å²) in [6, 6.07) is 17.8. The molecule has 36 heavy (non-hydrogen) atoms. The van der Waals surface area contributed by atoms with E-state index in [0.717, 1.165) is 55.4 Å². The highest BCUT2D eigenvalue weighted by molar-refractivity contribution is 7.98. The first-order valence-electron chi connectivity index (χ1n) is 12.7. The Morgan fingerprint density at radius 2 is 2.00 bits per heavy atom. The quantitative estimate of drug-likeness (QED) is 0.350. The monoisotopic (exact) mass is 510 g/mol. The van der Waals surface area contributed by atoms with Gasteiger partial charge in [0.25, 0.3) is 0 Å². The summed E-state index contributed by atoms with van der Waals surface area (Å²) in [5, 5.41) is 4.20. The molecule has 3 aromatic rings. The zero-order valence-electron chi connectivity index (χ0n) is 21.5. The maximum atomic E-state index is 14.2. The molecule has 6 nitrogen and oxygen atoms in total. The molecule has 2 aliphatic heterocycles. The van der Waals surface area contributed by atoms with E-state index < -0.39 is 0 Å². The van der Waals surface area contributed by atoms with Gasteiger partial charge in [-0.1, -0.05) is 23.4 Å². The Morgan fingerprint density at radius 1 is 1.17 bits per heavy atom. The lowest BCUT2D eigenvalue weighted by Gasteiger charge is -2.47. The van der Waals surface area contributed by atoms with Crippen LogP contribution in [0.2, 0.25) is 0 Å². The molecule has 5 rings (SSSR count). The van der Waals surface area contributed by atoms with E-state index >= 15 is 0 Å². The average Bonchev–Trinajstić information content (AvgIpc) is 3.38. The molecular formula is C28H35FN4O2S. The highest BCUT2D eigenvalue weighted by atomic mass is 32.2. The number of halogens is 1. The minimum Gasteiger partial charge on any atom is -0.491 e. The van der Waals surface area contributed by atoms with Crippen molar-refractivity contribution in [3.63, 3.8) is 0 Å². The number of anilines is 1. The van der Waals surface area contributed by atoms with Crippen molar-refractivity contribution in [2.45, 2.75) is 71.3 Å². The molecule has 192 valence electrons. The first-order valence-corrected chi connectivity index (χ1v) is 13.4. The highest BCUT2D eigenvalue weighted by Crippen LogP contribution is 2.48. The SMILES string of the molecule is Cc1cc(CN2C[C@]3(CCN(Cc4cccc(OC(C)C)c4)[C@@H](C)C3)N(c3cccc(F)c3)S2)no1. The van der Waals surface area contributed by atoms with Crippen molar-refractivity contribution in [2.24, 2.45) is 0 Å². The van der Waals surface area contributed by atoms with E-state index in [1.807, 2.05) is 25.1 Å². The highest BCUT2D eigenvalue weighted by Gasteiger charge is 2.49. The summed E-state index contributed by atoms with van der Waals surface area (Å²) >= 11 is 1.68. The summed E-state index contributed by atoms with van der Waals surface area (Å²) in [6.45, 7) is 11.8. The van der Waals surface area contributed by atoms with Crippen LogP contribution in [0.5, 0.6) is 5.75 Å². The Bertz CT molecular complexity index is 1190. The zero-order valence-corrected chi connectivity index (χ0v) is 22.3. The molecule has 1 aromatic heterocycles. The van der Waals surface area contributed by atoms with Gasteiger partial charge in [0.2, 0.25) is 0 Å². The first kappa shape index (κ1) is 25.1. The molecule has 0 aliphatic carbocycles. The molecule has 2 aromatic carbocycles. The van der Waals surface area contributed by atoms with Crippen molar-refractivity contribution in [3.05, 3.63) is 77.4 Å². The van der Waals surface area contributed by atoms with Crippen LogP contribution in [0.15, 0.2) is 59.1 Å². The molecule has 1 spiro atoms. The second-order valence-electron chi connectivity index (χ2n) is 10.4. The number of rotatable bonds is 7. The molecule has 0 saturated carbocycles. The molecule has 8 heteroatoms. The summed E-state index contributed by atoms with van der Waals surface area (Å²) in [5.41, 5.74) is 3.01. The number of nitrogens with zero attached hydrogens (tertiary/aromatic N) is 4. The van der Waals surface area contributed by atoms with Crippen LogP contribution >= 0.6 is 12.1 Å². The first-order chi connectivity index (χ1) is 17.3. The summed E-state index contributed by atoms with van der Waals surface area (Å²) in [4.78, 5) is 2.55.